The molecule has 0 unspecified atom stereocenters. The summed E-state index contributed by atoms with van der Waals surface area (Å²) in [4.78, 5) is 14.0. The van der Waals surface area contributed by atoms with E-state index in [1.165, 1.54) is 6.92 Å². The number of alkyl halides is 2. The van der Waals surface area contributed by atoms with E-state index in [2.05, 4.69) is 4.98 Å². The second-order valence-corrected chi connectivity index (χ2v) is 2.66. The van der Waals surface area contributed by atoms with E-state index in [1.807, 2.05) is 0 Å². The Kier molecular flexibility index (Phi) is 2.73. The van der Waals surface area contributed by atoms with Crippen LogP contribution in [0.25, 0.3) is 0 Å². The molecule has 0 aromatic carbocycles. The number of nitrogens with zero attached hydrogens (tertiary/aromatic N) is 1. The SMILES string of the molecule is Cc1nc(C(N)=O)c(F)cc1C(F)F. The molecule has 0 fully saturated rings. The van der Waals surface area contributed by atoms with Crippen LogP contribution in [0.4, 0.5) is 13.2 Å². The third kappa shape index (κ3) is 1.84. The van der Waals surface area contributed by atoms with Gasteiger partial charge in [0.05, 0.1) is 0 Å². The van der Waals surface area contributed by atoms with Gasteiger partial charge in [-0.3, -0.25) is 4.79 Å². The van der Waals surface area contributed by atoms with Gasteiger partial charge >= 0.3 is 0 Å². The number of hydrogen-bond acceptors (Lipinski definition) is 2. The minimum absolute atomic E-state index is 0.102. The Labute approximate surface area is 77.7 Å². The van der Waals surface area contributed by atoms with Crippen LogP contribution in [0.2, 0.25) is 0 Å². The molecule has 3 nitrogen and oxygen atoms in total. The Bertz CT molecular complexity index is 379. The summed E-state index contributed by atoms with van der Waals surface area (Å²) in [5, 5.41) is 0. The van der Waals surface area contributed by atoms with E-state index < -0.39 is 29.4 Å². The smallest absolute Gasteiger partial charge is 0.270 e. The predicted octanol–water partition coefficient (Wildman–Crippen LogP) is 1.57. The van der Waals surface area contributed by atoms with Crippen molar-refractivity contribution in [1.82, 2.24) is 4.98 Å². The third-order valence-electron chi connectivity index (χ3n) is 1.67. The summed E-state index contributed by atoms with van der Waals surface area (Å²) in [6.45, 7) is 1.26. The van der Waals surface area contributed by atoms with Crippen molar-refractivity contribution in [3.05, 3.63) is 28.8 Å². The normalized spacial score (nSPS) is 10.6. The number of primary amides is 1. The quantitative estimate of drug-likeness (QED) is 0.794. The van der Waals surface area contributed by atoms with E-state index in [-0.39, 0.29) is 5.69 Å². The fourth-order valence-corrected chi connectivity index (χ4v) is 0.989. The van der Waals surface area contributed by atoms with E-state index in [4.69, 9.17) is 5.73 Å². The lowest BCUT2D eigenvalue weighted by Crippen LogP contribution is -2.16. The lowest BCUT2D eigenvalue weighted by atomic mass is 10.2. The van der Waals surface area contributed by atoms with Crippen LogP contribution in [0.3, 0.4) is 0 Å². The topological polar surface area (TPSA) is 56.0 Å². The highest BCUT2D eigenvalue weighted by molar-refractivity contribution is 5.91. The summed E-state index contributed by atoms with van der Waals surface area (Å²) in [5.41, 5.74) is 3.53. The van der Waals surface area contributed by atoms with Gasteiger partial charge in [-0.15, -0.1) is 0 Å². The molecule has 1 heterocycles. The van der Waals surface area contributed by atoms with Crippen molar-refractivity contribution in [2.24, 2.45) is 5.73 Å². The number of rotatable bonds is 2. The van der Waals surface area contributed by atoms with Crippen molar-refractivity contribution in [1.29, 1.82) is 0 Å². The van der Waals surface area contributed by atoms with Gasteiger partial charge in [0.1, 0.15) is 0 Å². The van der Waals surface area contributed by atoms with Crippen molar-refractivity contribution < 1.29 is 18.0 Å². The summed E-state index contributed by atoms with van der Waals surface area (Å²) >= 11 is 0. The molecule has 6 heteroatoms. The fraction of sp³-hybridized carbons (Fsp3) is 0.250. The molecule has 0 bridgehead atoms. The van der Waals surface area contributed by atoms with E-state index >= 15 is 0 Å². The minimum Gasteiger partial charge on any atom is -0.364 e. The molecule has 0 aliphatic carbocycles. The molecule has 1 aromatic heterocycles. The molecule has 0 aliphatic heterocycles. The zero-order valence-electron chi connectivity index (χ0n) is 7.22. The monoisotopic (exact) mass is 204 g/mol. The first-order chi connectivity index (χ1) is 6.43. The van der Waals surface area contributed by atoms with Crippen molar-refractivity contribution in [2.45, 2.75) is 13.3 Å². The number of halogens is 3. The molecule has 0 saturated heterocycles. The number of carbonyl (C=O) groups excluding carboxylic acids is 1. The van der Waals surface area contributed by atoms with Crippen molar-refractivity contribution >= 4 is 5.91 Å². The van der Waals surface area contributed by atoms with Gasteiger partial charge in [0.15, 0.2) is 11.5 Å². The molecular weight excluding hydrogens is 197 g/mol. The van der Waals surface area contributed by atoms with Crippen LogP contribution >= 0.6 is 0 Å². The molecule has 0 radical (unpaired) electrons. The fourth-order valence-electron chi connectivity index (χ4n) is 0.989. The maximum atomic E-state index is 12.9. The third-order valence-corrected chi connectivity index (χ3v) is 1.67. The molecule has 1 aromatic rings. The molecule has 0 saturated carbocycles. The zero-order chi connectivity index (χ0) is 10.9. The average molecular weight is 204 g/mol. The highest BCUT2D eigenvalue weighted by Gasteiger charge is 2.18. The molecule has 2 N–H and O–H groups in total. The Morgan fingerprint density at radius 2 is 2.14 bits per heavy atom. The number of pyridine rings is 1. The van der Waals surface area contributed by atoms with Crippen LogP contribution < -0.4 is 5.73 Å². The maximum absolute atomic E-state index is 12.9. The lowest BCUT2D eigenvalue weighted by molar-refractivity contribution is 0.0989. The van der Waals surface area contributed by atoms with Gasteiger partial charge in [-0.1, -0.05) is 0 Å². The van der Waals surface area contributed by atoms with Gasteiger partial charge in [0, 0.05) is 11.3 Å². The Hall–Kier alpha value is -1.59. The molecule has 14 heavy (non-hydrogen) atoms. The maximum Gasteiger partial charge on any atom is 0.270 e. The van der Waals surface area contributed by atoms with Crippen LogP contribution in [-0.2, 0) is 0 Å². The molecule has 0 atom stereocenters. The molecule has 0 aliphatic rings. The number of nitrogens with two attached hydrogens (primary N) is 1. The Balaban J connectivity index is 3.31. The number of amides is 1. The van der Waals surface area contributed by atoms with Crippen molar-refractivity contribution in [2.75, 3.05) is 0 Å². The van der Waals surface area contributed by atoms with Gasteiger partial charge in [-0.05, 0) is 13.0 Å². The molecule has 1 rings (SSSR count). The largest absolute Gasteiger partial charge is 0.364 e. The summed E-state index contributed by atoms with van der Waals surface area (Å²) in [6.07, 6.45) is -2.82. The number of aromatic nitrogens is 1. The van der Waals surface area contributed by atoms with Gasteiger partial charge in [0.25, 0.3) is 12.3 Å². The Morgan fingerprint density at radius 1 is 1.57 bits per heavy atom. The van der Waals surface area contributed by atoms with Crippen molar-refractivity contribution in [3.8, 4) is 0 Å². The van der Waals surface area contributed by atoms with Gasteiger partial charge in [0.2, 0.25) is 0 Å². The highest BCUT2D eigenvalue weighted by Crippen LogP contribution is 2.22. The molecule has 76 valence electrons. The average Bonchev–Trinajstić information content (AvgIpc) is 2.07. The first-order valence-corrected chi connectivity index (χ1v) is 3.68. The lowest BCUT2D eigenvalue weighted by Gasteiger charge is -2.05. The number of hydrogen-bond donors (Lipinski definition) is 1. The number of aryl methyl sites for hydroxylation is 1. The standard InChI is InChI=1S/C8H7F3N2O/c1-3-4(7(10)11)2-5(9)6(13-3)8(12)14/h2,7H,1H3,(H2,12,14). The van der Waals surface area contributed by atoms with E-state index in [9.17, 15) is 18.0 Å². The van der Waals surface area contributed by atoms with E-state index in [1.54, 1.807) is 0 Å². The second-order valence-electron chi connectivity index (χ2n) is 2.66. The first kappa shape index (κ1) is 10.5. The highest BCUT2D eigenvalue weighted by atomic mass is 19.3. The second kappa shape index (κ2) is 3.65. The van der Waals surface area contributed by atoms with E-state index in [0.29, 0.717) is 6.07 Å². The first-order valence-electron chi connectivity index (χ1n) is 3.68. The van der Waals surface area contributed by atoms with Gasteiger partial charge in [-0.25, -0.2) is 18.2 Å². The van der Waals surface area contributed by atoms with Crippen LogP contribution in [0.15, 0.2) is 6.07 Å². The van der Waals surface area contributed by atoms with Crippen LogP contribution in [-0.4, -0.2) is 10.9 Å². The van der Waals surface area contributed by atoms with Crippen LogP contribution in [0.1, 0.15) is 28.2 Å². The summed E-state index contributed by atoms with van der Waals surface area (Å²) < 4.78 is 37.4. The molecular formula is C8H7F3N2O. The summed E-state index contributed by atoms with van der Waals surface area (Å²) in [5.74, 6) is -2.20. The van der Waals surface area contributed by atoms with Crippen LogP contribution in [0, 0.1) is 12.7 Å². The summed E-state index contributed by atoms with van der Waals surface area (Å²) in [7, 11) is 0. The molecule has 1 amide bonds. The zero-order valence-corrected chi connectivity index (χ0v) is 7.22. The Morgan fingerprint density at radius 3 is 2.57 bits per heavy atom. The summed E-state index contributed by atoms with van der Waals surface area (Å²) in [6, 6.07) is 0.576. The van der Waals surface area contributed by atoms with Gasteiger partial charge in [-0.2, -0.15) is 0 Å². The van der Waals surface area contributed by atoms with E-state index in [0.717, 1.165) is 0 Å². The van der Waals surface area contributed by atoms with Gasteiger partial charge < -0.3 is 5.73 Å². The van der Waals surface area contributed by atoms with Crippen LogP contribution in [0.5, 0.6) is 0 Å². The minimum atomic E-state index is -2.82. The predicted molar refractivity (Wildman–Crippen MR) is 42.4 cm³/mol. The van der Waals surface area contributed by atoms with Crippen molar-refractivity contribution in [3.63, 3.8) is 0 Å². The number of carbonyl (C=O) groups is 1. The molecule has 0 spiro atoms.